The van der Waals surface area contributed by atoms with Gasteiger partial charge in [-0.3, -0.25) is 0 Å². The smallest absolute Gasteiger partial charge is 0.328 e. The summed E-state index contributed by atoms with van der Waals surface area (Å²) in [5.74, 6) is -0.711. The molecule has 0 aromatic heterocycles. The second-order valence-corrected chi connectivity index (χ2v) is 2.95. The maximum Gasteiger partial charge on any atom is 0.328 e. The molecular weight excluding hydrogens is 236 g/mol. The summed E-state index contributed by atoms with van der Waals surface area (Å²) in [7, 11) is 2.80. The maximum atomic E-state index is 10.3. The van der Waals surface area contributed by atoms with Crippen LogP contribution >= 0.6 is 0 Å². The molecule has 0 heterocycles. The van der Waals surface area contributed by atoms with Gasteiger partial charge in [-0.05, 0) is 23.8 Å². The summed E-state index contributed by atoms with van der Waals surface area (Å²) >= 11 is 0. The van der Waals surface area contributed by atoms with Crippen molar-refractivity contribution in [3.63, 3.8) is 0 Å². The van der Waals surface area contributed by atoms with Crippen LogP contribution in [0.3, 0.4) is 0 Å². The molecule has 0 amide bonds. The second-order valence-electron chi connectivity index (χ2n) is 2.95. The van der Waals surface area contributed by atoms with E-state index in [1.54, 1.807) is 0 Å². The molecule has 6 heteroatoms. The molecular formula is C11H14MgO5. The maximum absolute atomic E-state index is 10.3. The van der Waals surface area contributed by atoms with Crippen LogP contribution in [0.15, 0.2) is 18.2 Å². The fourth-order valence-corrected chi connectivity index (χ4v) is 1.18. The van der Waals surface area contributed by atoms with E-state index in [-0.39, 0.29) is 40.3 Å². The Hall–Kier alpha value is -1.40. The Kier molecular flexibility index (Phi) is 6.45. The first-order chi connectivity index (χ1) is 7.58. The average molecular weight is 251 g/mol. The lowest BCUT2D eigenvalue weighted by molar-refractivity contribution is -0.131. The van der Waals surface area contributed by atoms with Crippen molar-refractivity contribution >= 4 is 35.1 Å². The standard InChI is InChI=1S/C11H12O5.Mg.2H/c1-15-8-5-7(3-4-10(12)13)6-9(16-2)11(8)14;;;/h3-6,14H,1-2H3,(H,12,13);;;. The first-order valence-electron chi connectivity index (χ1n) is 4.44. The molecule has 17 heavy (non-hydrogen) atoms. The molecule has 0 fully saturated rings. The summed E-state index contributed by atoms with van der Waals surface area (Å²) < 4.78 is 9.85. The third kappa shape index (κ3) is 4.16. The van der Waals surface area contributed by atoms with Crippen LogP contribution in [-0.4, -0.2) is 53.5 Å². The lowest BCUT2D eigenvalue weighted by Crippen LogP contribution is -1.91. The number of aliphatic carboxylic acids is 1. The highest BCUT2D eigenvalue weighted by atomic mass is 24.3. The summed E-state index contributed by atoms with van der Waals surface area (Å²) in [6.07, 6.45) is 2.37. The molecule has 0 aliphatic heterocycles. The van der Waals surface area contributed by atoms with Gasteiger partial charge in [0.25, 0.3) is 0 Å². The van der Waals surface area contributed by atoms with Crippen molar-refractivity contribution < 1.29 is 24.5 Å². The van der Waals surface area contributed by atoms with Gasteiger partial charge in [0.1, 0.15) is 0 Å². The number of carbonyl (C=O) groups is 1. The molecule has 90 valence electrons. The van der Waals surface area contributed by atoms with Gasteiger partial charge in [0.2, 0.25) is 5.75 Å². The molecule has 0 aliphatic carbocycles. The van der Waals surface area contributed by atoms with Gasteiger partial charge >= 0.3 is 29.0 Å². The van der Waals surface area contributed by atoms with Crippen LogP contribution < -0.4 is 9.47 Å². The first kappa shape index (κ1) is 15.6. The predicted octanol–water partition coefficient (Wildman–Crippen LogP) is 0.591. The minimum absolute atomic E-state index is 0. The topological polar surface area (TPSA) is 76.0 Å². The Balaban J connectivity index is 0.00000256. The number of ether oxygens (including phenoxy) is 2. The summed E-state index contributed by atoms with van der Waals surface area (Å²) in [4.78, 5) is 10.3. The van der Waals surface area contributed by atoms with Crippen molar-refractivity contribution in [1.29, 1.82) is 0 Å². The molecule has 0 atom stereocenters. The fraction of sp³-hybridized carbons (Fsp3) is 0.182. The minimum Gasteiger partial charge on any atom is -0.502 e. The summed E-state index contributed by atoms with van der Waals surface area (Å²) in [5, 5.41) is 18.1. The van der Waals surface area contributed by atoms with Gasteiger partial charge in [-0.1, -0.05) is 0 Å². The highest BCUT2D eigenvalue weighted by molar-refractivity contribution is 5.85. The van der Waals surface area contributed by atoms with Crippen molar-refractivity contribution in [3.8, 4) is 17.2 Å². The van der Waals surface area contributed by atoms with Crippen molar-refractivity contribution in [2.24, 2.45) is 0 Å². The molecule has 0 saturated carbocycles. The SMILES string of the molecule is COc1cc(C=CC(=O)O)cc(OC)c1O.[MgH2]. The number of phenolic OH excluding ortho intramolecular Hbond substituents is 1. The molecule has 1 aromatic carbocycles. The van der Waals surface area contributed by atoms with E-state index in [0.29, 0.717) is 5.56 Å². The van der Waals surface area contributed by atoms with Crippen LogP contribution in [0, 0.1) is 0 Å². The van der Waals surface area contributed by atoms with Crippen molar-refractivity contribution in [2.45, 2.75) is 0 Å². The van der Waals surface area contributed by atoms with Gasteiger partial charge in [0, 0.05) is 6.08 Å². The Morgan fingerprint density at radius 2 is 1.71 bits per heavy atom. The van der Waals surface area contributed by atoms with Crippen molar-refractivity contribution in [1.82, 2.24) is 0 Å². The van der Waals surface area contributed by atoms with Crippen molar-refractivity contribution in [2.75, 3.05) is 14.2 Å². The fourth-order valence-electron chi connectivity index (χ4n) is 1.18. The molecule has 0 radical (unpaired) electrons. The van der Waals surface area contributed by atoms with Crippen LogP contribution in [0.5, 0.6) is 17.2 Å². The van der Waals surface area contributed by atoms with Crippen LogP contribution in [0.25, 0.3) is 6.08 Å². The molecule has 0 unspecified atom stereocenters. The molecule has 1 rings (SSSR count). The van der Waals surface area contributed by atoms with Gasteiger partial charge in [0.05, 0.1) is 14.2 Å². The largest absolute Gasteiger partial charge is 0.502 e. The van der Waals surface area contributed by atoms with Gasteiger partial charge in [-0.15, -0.1) is 0 Å². The minimum atomic E-state index is -1.05. The summed E-state index contributed by atoms with van der Waals surface area (Å²) in [6, 6.07) is 3.02. The number of rotatable bonds is 4. The van der Waals surface area contributed by atoms with E-state index >= 15 is 0 Å². The second kappa shape index (κ2) is 7.03. The number of benzene rings is 1. The molecule has 1 aromatic rings. The highest BCUT2D eigenvalue weighted by Gasteiger charge is 2.09. The normalized spacial score (nSPS) is 9.76. The lowest BCUT2D eigenvalue weighted by atomic mass is 10.1. The zero-order chi connectivity index (χ0) is 12.1. The third-order valence-corrected chi connectivity index (χ3v) is 1.92. The van der Waals surface area contributed by atoms with E-state index < -0.39 is 5.97 Å². The molecule has 0 spiro atoms. The highest BCUT2D eigenvalue weighted by Crippen LogP contribution is 2.37. The van der Waals surface area contributed by atoms with E-state index in [2.05, 4.69) is 0 Å². The van der Waals surface area contributed by atoms with E-state index in [1.807, 2.05) is 0 Å². The third-order valence-electron chi connectivity index (χ3n) is 1.92. The lowest BCUT2D eigenvalue weighted by Gasteiger charge is -2.09. The number of carboxylic acids is 1. The number of carboxylic acid groups (broad SMARTS) is 1. The number of hydrogen-bond acceptors (Lipinski definition) is 4. The monoisotopic (exact) mass is 250 g/mol. The average Bonchev–Trinajstić information content (AvgIpc) is 2.27. The van der Waals surface area contributed by atoms with E-state index in [0.717, 1.165) is 6.08 Å². The van der Waals surface area contributed by atoms with Crippen LogP contribution in [0.1, 0.15) is 5.56 Å². The zero-order valence-electron chi connectivity index (χ0n) is 8.93. The van der Waals surface area contributed by atoms with Crippen molar-refractivity contribution in [3.05, 3.63) is 23.8 Å². The zero-order valence-corrected chi connectivity index (χ0v) is 8.93. The molecule has 0 saturated heterocycles. The number of methoxy groups -OCH3 is 2. The number of phenols is 1. The predicted molar refractivity (Wildman–Crippen MR) is 66.4 cm³/mol. The molecule has 2 N–H and O–H groups in total. The van der Waals surface area contributed by atoms with E-state index in [9.17, 15) is 9.90 Å². The van der Waals surface area contributed by atoms with Crippen LogP contribution in [0.4, 0.5) is 0 Å². The first-order valence-corrected chi connectivity index (χ1v) is 4.44. The molecule has 0 aliphatic rings. The van der Waals surface area contributed by atoms with Gasteiger partial charge in [0.15, 0.2) is 11.5 Å². The Labute approximate surface area is 115 Å². The Morgan fingerprint density at radius 3 is 2.06 bits per heavy atom. The van der Waals surface area contributed by atoms with Gasteiger partial charge in [-0.25, -0.2) is 4.79 Å². The van der Waals surface area contributed by atoms with Crippen LogP contribution in [0.2, 0.25) is 0 Å². The number of aromatic hydroxyl groups is 1. The van der Waals surface area contributed by atoms with E-state index in [4.69, 9.17) is 14.6 Å². The van der Waals surface area contributed by atoms with Crippen LogP contribution in [-0.2, 0) is 4.79 Å². The summed E-state index contributed by atoms with van der Waals surface area (Å²) in [6.45, 7) is 0. The van der Waals surface area contributed by atoms with Gasteiger partial charge < -0.3 is 19.7 Å². The Morgan fingerprint density at radius 1 is 1.24 bits per heavy atom. The van der Waals surface area contributed by atoms with E-state index in [1.165, 1.54) is 32.4 Å². The number of hydrogen-bond donors (Lipinski definition) is 2. The quantitative estimate of drug-likeness (QED) is 0.604. The molecule has 5 nitrogen and oxygen atoms in total. The van der Waals surface area contributed by atoms with Gasteiger partial charge in [-0.2, -0.15) is 0 Å². The Bertz CT molecular complexity index is 403. The summed E-state index contributed by atoms with van der Waals surface area (Å²) in [5.41, 5.74) is 0.564. The molecule has 0 bridgehead atoms.